The van der Waals surface area contributed by atoms with Gasteiger partial charge in [-0.15, -0.1) is 0 Å². The number of rotatable bonds is 2. The molecule has 2 aromatic heterocycles. The molecule has 0 radical (unpaired) electrons. The molecule has 1 aliphatic heterocycles. The summed E-state index contributed by atoms with van der Waals surface area (Å²) in [6.07, 6.45) is 4.22. The first-order valence-electron chi connectivity index (χ1n) is 7.79. The lowest BCUT2D eigenvalue weighted by Gasteiger charge is -2.34. The maximum atomic E-state index is 12.6. The van der Waals surface area contributed by atoms with E-state index < -0.39 is 0 Å². The SMILES string of the molecule is CN1Cc2ccccc2C[C@@H]1Cn1cnc2ncccc2c1=O. The monoisotopic (exact) mass is 306 g/mol. The van der Waals surface area contributed by atoms with Crippen LogP contribution in [0.1, 0.15) is 11.1 Å². The van der Waals surface area contributed by atoms with Crippen molar-refractivity contribution in [3.05, 3.63) is 70.4 Å². The molecule has 0 spiro atoms. The third-order valence-electron chi connectivity index (χ3n) is 4.62. The minimum Gasteiger partial charge on any atom is -0.297 e. The molecular formula is C18H18N4O. The zero-order chi connectivity index (χ0) is 15.8. The largest absolute Gasteiger partial charge is 0.297 e. The quantitative estimate of drug-likeness (QED) is 0.725. The van der Waals surface area contributed by atoms with Crippen LogP contribution in [0, 0.1) is 0 Å². The summed E-state index contributed by atoms with van der Waals surface area (Å²) < 4.78 is 1.71. The summed E-state index contributed by atoms with van der Waals surface area (Å²) in [5.41, 5.74) is 3.24. The van der Waals surface area contributed by atoms with Crippen molar-refractivity contribution >= 4 is 11.0 Å². The molecule has 1 aromatic carbocycles. The van der Waals surface area contributed by atoms with E-state index in [1.807, 2.05) is 0 Å². The highest BCUT2D eigenvalue weighted by atomic mass is 16.1. The van der Waals surface area contributed by atoms with E-state index in [0.29, 0.717) is 23.6 Å². The fourth-order valence-electron chi connectivity index (χ4n) is 3.28. The van der Waals surface area contributed by atoms with Gasteiger partial charge in [0.15, 0.2) is 5.65 Å². The van der Waals surface area contributed by atoms with Crippen molar-refractivity contribution in [3.8, 4) is 0 Å². The highest BCUT2D eigenvalue weighted by Crippen LogP contribution is 2.22. The second-order valence-electron chi connectivity index (χ2n) is 6.12. The van der Waals surface area contributed by atoms with Crippen LogP contribution < -0.4 is 5.56 Å². The molecular weight excluding hydrogens is 288 g/mol. The van der Waals surface area contributed by atoms with E-state index >= 15 is 0 Å². The lowest BCUT2D eigenvalue weighted by molar-refractivity contribution is 0.193. The van der Waals surface area contributed by atoms with E-state index in [2.05, 4.69) is 46.2 Å². The van der Waals surface area contributed by atoms with Crippen LogP contribution in [0.3, 0.4) is 0 Å². The first-order valence-corrected chi connectivity index (χ1v) is 7.79. The lowest BCUT2D eigenvalue weighted by atomic mass is 9.94. The minimum absolute atomic E-state index is 0.0182. The van der Waals surface area contributed by atoms with Crippen LogP contribution in [0.2, 0.25) is 0 Å². The summed E-state index contributed by atoms with van der Waals surface area (Å²) in [5.74, 6) is 0. The Morgan fingerprint density at radius 3 is 2.83 bits per heavy atom. The molecule has 3 heterocycles. The number of benzene rings is 1. The number of hydrogen-bond donors (Lipinski definition) is 0. The third-order valence-corrected chi connectivity index (χ3v) is 4.62. The van der Waals surface area contributed by atoms with Gasteiger partial charge in [0.25, 0.3) is 5.56 Å². The van der Waals surface area contributed by atoms with Gasteiger partial charge >= 0.3 is 0 Å². The maximum absolute atomic E-state index is 12.6. The summed E-state index contributed by atoms with van der Waals surface area (Å²) in [5, 5.41) is 0.578. The molecule has 0 unspecified atom stereocenters. The van der Waals surface area contributed by atoms with Gasteiger partial charge in [-0.2, -0.15) is 0 Å². The van der Waals surface area contributed by atoms with Crippen LogP contribution in [0.5, 0.6) is 0 Å². The third kappa shape index (κ3) is 2.53. The van der Waals surface area contributed by atoms with E-state index in [1.165, 1.54) is 11.1 Å². The number of aromatic nitrogens is 3. The van der Waals surface area contributed by atoms with Crippen LogP contribution in [-0.4, -0.2) is 32.5 Å². The van der Waals surface area contributed by atoms with Crippen molar-refractivity contribution in [3.63, 3.8) is 0 Å². The lowest BCUT2D eigenvalue weighted by Crippen LogP contribution is -2.42. The summed E-state index contributed by atoms with van der Waals surface area (Å²) >= 11 is 0. The van der Waals surface area contributed by atoms with Gasteiger partial charge in [0.05, 0.1) is 5.39 Å². The molecule has 0 bridgehead atoms. The number of pyridine rings is 1. The molecule has 0 amide bonds. The number of fused-ring (bicyclic) bond motifs is 2. The molecule has 4 rings (SSSR count). The molecule has 0 N–H and O–H groups in total. The summed E-state index contributed by atoms with van der Waals surface area (Å²) in [4.78, 5) is 23.4. The Morgan fingerprint density at radius 2 is 1.96 bits per heavy atom. The van der Waals surface area contributed by atoms with Crippen LogP contribution in [-0.2, 0) is 19.5 Å². The standard InChI is InChI=1S/C18H18N4O/c1-21-10-14-6-3-2-5-13(14)9-15(21)11-22-12-20-17-16(18(22)23)7-4-8-19-17/h2-8,12,15H,9-11H2,1H3/t15-/m1/s1. The van der Waals surface area contributed by atoms with E-state index in [0.717, 1.165) is 13.0 Å². The average Bonchev–Trinajstić information content (AvgIpc) is 2.58. The molecule has 116 valence electrons. The molecule has 0 saturated heterocycles. The molecule has 3 aromatic rings. The van der Waals surface area contributed by atoms with E-state index in [-0.39, 0.29) is 5.56 Å². The average molecular weight is 306 g/mol. The number of likely N-dealkylation sites (N-methyl/N-ethyl adjacent to an activating group) is 1. The van der Waals surface area contributed by atoms with Crippen molar-refractivity contribution in [1.82, 2.24) is 19.4 Å². The smallest absolute Gasteiger partial charge is 0.262 e. The summed E-state index contributed by atoms with van der Waals surface area (Å²) in [6.45, 7) is 1.56. The second-order valence-corrected chi connectivity index (χ2v) is 6.12. The van der Waals surface area contributed by atoms with Gasteiger partial charge in [0.1, 0.15) is 6.33 Å². The van der Waals surface area contributed by atoms with Crippen molar-refractivity contribution in [2.45, 2.75) is 25.6 Å². The van der Waals surface area contributed by atoms with Crippen molar-refractivity contribution in [1.29, 1.82) is 0 Å². The number of hydrogen-bond acceptors (Lipinski definition) is 4. The molecule has 0 aliphatic carbocycles. The maximum Gasteiger partial charge on any atom is 0.262 e. The fraction of sp³-hybridized carbons (Fsp3) is 0.278. The van der Waals surface area contributed by atoms with E-state index in [9.17, 15) is 4.79 Å². The van der Waals surface area contributed by atoms with Gasteiger partial charge in [0, 0.05) is 25.3 Å². The van der Waals surface area contributed by atoms with Crippen molar-refractivity contribution in [2.24, 2.45) is 0 Å². The van der Waals surface area contributed by atoms with Gasteiger partial charge in [-0.05, 0) is 36.7 Å². The first kappa shape index (κ1) is 14.1. The van der Waals surface area contributed by atoms with Gasteiger partial charge in [-0.3, -0.25) is 14.3 Å². The van der Waals surface area contributed by atoms with Crippen LogP contribution in [0.25, 0.3) is 11.0 Å². The van der Waals surface area contributed by atoms with Gasteiger partial charge < -0.3 is 0 Å². The molecule has 0 saturated carbocycles. The number of nitrogens with zero attached hydrogens (tertiary/aromatic N) is 4. The molecule has 5 nitrogen and oxygen atoms in total. The van der Waals surface area contributed by atoms with E-state index in [1.54, 1.807) is 29.2 Å². The molecule has 23 heavy (non-hydrogen) atoms. The Balaban J connectivity index is 1.66. The molecule has 5 heteroatoms. The highest BCUT2D eigenvalue weighted by molar-refractivity contribution is 5.72. The van der Waals surface area contributed by atoms with Crippen LogP contribution in [0.4, 0.5) is 0 Å². The Kier molecular flexibility index (Phi) is 3.42. The Labute approximate surface area is 134 Å². The minimum atomic E-state index is -0.0182. The topological polar surface area (TPSA) is 51.0 Å². The molecule has 0 fully saturated rings. The zero-order valence-electron chi connectivity index (χ0n) is 13.0. The van der Waals surface area contributed by atoms with E-state index in [4.69, 9.17) is 0 Å². The van der Waals surface area contributed by atoms with Crippen LogP contribution >= 0.6 is 0 Å². The zero-order valence-corrected chi connectivity index (χ0v) is 13.0. The second kappa shape index (κ2) is 5.59. The predicted octanol–water partition coefficient (Wildman–Crippen LogP) is 1.85. The Bertz CT molecular complexity index is 918. The van der Waals surface area contributed by atoms with Gasteiger partial charge in [-0.25, -0.2) is 9.97 Å². The van der Waals surface area contributed by atoms with Gasteiger partial charge in [0.2, 0.25) is 0 Å². The normalized spacial score (nSPS) is 18.0. The summed E-state index contributed by atoms with van der Waals surface area (Å²) in [7, 11) is 2.11. The predicted molar refractivity (Wildman–Crippen MR) is 89.2 cm³/mol. The van der Waals surface area contributed by atoms with Crippen molar-refractivity contribution < 1.29 is 0 Å². The van der Waals surface area contributed by atoms with Crippen molar-refractivity contribution in [2.75, 3.05) is 7.05 Å². The molecule has 1 atom stereocenters. The fourth-order valence-corrected chi connectivity index (χ4v) is 3.28. The van der Waals surface area contributed by atoms with Crippen LogP contribution in [0.15, 0.2) is 53.7 Å². The molecule has 1 aliphatic rings. The highest BCUT2D eigenvalue weighted by Gasteiger charge is 2.23. The summed E-state index contributed by atoms with van der Waals surface area (Å²) in [6, 6.07) is 12.4. The first-order chi connectivity index (χ1) is 11.2. The van der Waals surface area contributed by atoms with Gasteiger partial charge in [-0.1, -0.05) is 24.3 Å². The Morgan fingerprint density at radius 1 is 1.13 bits per heavy atom. The Hall–Kier alpha value is -2.53.